The van der Waals surface area contributed by atoms with Crippen LogP contribution >= 0.6 is 0 Å². The molecule has 0 saturated heterocycles. The van der Waals surface area contributed by atoms with Crippen molar-refractivity contribution in [2.24, 2.45) is 0 Å². The van der Waals surface area contributed by atoms with E-state index in [9.17, 15) is 0 Å². The summed E-state index contributed by atoms with van der Waals surface area (Å²) in [6.45, 7) is 4.63. The zero-order valence-corrected chi connectivity index (χ0v) is 13.8. The first kappa shape index (κ1) is 14.5. The summed E-state index contributed by atoms with van der Waals surface area (Å²) in [6.07, 6.45) is 2.12. The van der Waals surface area contributed by atoms with Gasteiger partial charge in [0.05, 0.1) is 0 Å². The average Bonchev–Trinajstić information content (AvgIpc) is 2.55. The van der Waals surface area contributed by atoms with E-state index in [2.05, 4.69) is 85.9 Å². The molecule has 0 bridgehead atoms. The van der Waals surface area contributed by atoms with Gasteiger partial charge in [0.2, 0.25) is 0 Å². The van der Waals surface area contributed by atoms with Crippen LogP contribution in [0, 0.1) is 0 Å². The van der Waals surface area contributed by atoms with E-state index in [0.717, 1.165) is 12.8 Å². The van der Waals surface area contributed by atoms with Crippen molar-refractivity contribution in [3.63, 3.8) is 0 Å². The summed E-state index contributed by atoms with van der Waals surface area (Å²) < 4.78 is 0. The van der Waals surface area contributed by atoms with Gasteiger partial charge in [0, 0.05) is 11.6 Å². The van der Waals surface area contributed by atoms with Gasteiger partial charge in [0.1, 0.15) is 0 Å². The second-order valence-electron chi connectivity index (χ2n) is 7.30. The lowest BCUT2D eigenvalue weighted by atomic mass is 9.79. The molecule has 1 aliphatic rings. The molecule has 0 radical (unpaired) electrons. The summed E-state index contributed by atoms with van der Waals surface area (Å²) in [6, 6.07) is 24.5. The number of fused-ring (bicyclic) bond motifs is 3. The van der Waals surface area contributed by atoms with Gasteiger partial charge < -0.3 is 5.32 Å². The maximum atomic E-state index is 3.86. The van der Waals surface area contributed by atoms with E-state index >= 15 is 0 Å². The van der Waals surface area contributed by atoms with E-state index in [0.29, 0.717) is 6.04 Å². The van der Waals surface area contributed by atoms with Crippen LogP contribution in [0.1, 0.15) is 36.6 Å². The van der Waals surface area contributed by atoms with E-state index in [4.69, 9.17) is 0 Å². The van der Waals surface area contributed by atoms with Gasteiger partial charge in [-0.05, 0) is 54.2 Å². The van der Waals surface area contributed by atoms with Crippen LogP contribution in [0.4, 0.5) is 0 Å². The van der Waals surface area contributed by atoms with Gasteiger partial charge in [-0.2, -0.15) is 0 Å². The molecule has 0 fully saturated rings. The van der Waals surface area contributed by atoms with E-state index < -0.39 is 0 Å². The third-order valence-corrected chi connectivity index (χ3v) is 4.92. The highest BCUT2D eigenvalue weighted by molar-refractivity contribution is 5.87. The predicted molar refractivity (Wildman–Crippen MR) is 97.8 cm³/mol. The van der Waals surface area contributed by atoms with Crippen molar-refractivity contribution >= 4 is 10.8 Å². The fourth-order valence-corrected chi connectivity index (χ4v) is 3.93. The van der Waals surface area contributed by atoms with E-state index in [-0.39, 0.29) is 5.54 Å². The first-order valence-corrected chi connectivity index (χ1v) is 8.44. The van der Waals surface area contributed by atoms with Crippen molar-refractivity contribution in [2.45, 2.75) is 38.3 Å². The van der Waals surface area contributed by atoms with Crippen molar-refractivity contribution < 1.29 is 0 Å². The zero-order valence-electron chi connectivity index (χ0n) is 13.8. The Morgan fingerprint density at radius 2 is 1.65 bits per heavy atom. The van der Waals surface area contributed by atoms with Gasteiger partial charge in [-0.3, -0.25) is 0 Å². The number of hydrogen-bond donors (Lipinski definition) is 1. The van der Waals surface area contributed by atoms with Gasteiger partial charge >= 0.3 is 0 Å². The third kappa shape index (κ3) is 2.77. The third-order valence-electron chi connectivity index (χ3n) is 4.92. The Morgan fingerprint density at radius 3 is 2.48 bits per heavy atom. The van der Waals surface area contributed by atoms with Crippen molar-refractivity contribution in [3.05, 3.63) is 83.4 Å². The Labute approximate surface area is 138 Å². The fraction of sp³-hybridized carbons (Fsp3) is 0.273. The molecule has 3 aromatic rings. The molecular formula is C22H23N. The average molecular weight is 301 g/mol. The van der Waals surface area contributed by atoms with Crippen LogP contribution in [-0.4, -0.2) is 5.54 Å². The molecule has 0 amide bonds. The van der Waals surface area contributed by atoms with Crippen molar-refractivity contribution in [1.29, 1.82) is 0 Å². The fourth-order valence-electron chi connectivity index (χ4n) is 3.93. The zero-order chi connectivity index (χ0) is 15.9. The van der Waals surface area contributed by atoms with E-state index in [1.54, 1.807) is 0 Å². The van der Waals surface area contributed by atoms with Crippen LogP contribution in [0.25, 0.3) is 10.8 Å². The molecule has 116 valence electrons. The van der Waals surface area contributed by atoms with Gasteiger partial charge in [-0.15, -0.1) is 0 Å². The van der Waals surface area contributed by atoms with Crippen LogP contribution < -0.4 is 5.32 Å². The molecule has 1 heterocycles. The number of hydrogen-bond acceptors (Lipinski definition) is 1. The highest BCUT2D eigenvalue weighted by Gasteiger charge is 2.32. The maximum absolute atomic E-state index is 3.86. The van der Waals surface area contributed by atoms with Crippen molar-refractivity contribution in [3.8, 4) is 0 Å². The Morgan fingerprint density at radius 1 is 0.913 bits per heavy atom. The largest absolute Gasteiger partial charge is 0.304 e. The molecule has 23 heavy (non-hydrogen) atoms. The monoisotopic (exact) mass is 301 g/mol. The molecule has 0 saturated carbocycles. The first-order valence-electron chi connectivity index (χ1n) is 8.44. The van der Waals surface area contributed by atoms with Gasteiger partial charge in [0.15, 0.2) is 0 Å². The van der Waals surface area contributed by atoms with Crippen LogP contribution in [0.5, 0.6) is 0 Å². The molecule has 1 unspecified atom stereocenters. The SMILES string of the molecule is CC1(C)Cc2c(ccc3ccccc23)C(Cc2ccccc2)N1. The summed E-state index contributed by atoms with van der Waals surface area (Å²) in [7, 11) is 0. The van der Waals surface area contributed by atoms with Gasteiger partial charge in [-0.1, -0.05) is 66.7 Å². The molecule has 1 N–H and O–H groups in total. The smallest absolute Gasteiger partial charge is 0.0368 e. The molecule has 1 heteroatoms. The summed E-state index contributed by atoms with van der Waals surface area (Å²) >= 11 is 0. The summed E-state index contributed by atoms with van der Waals surface area (Å²) in [4.78, 5) is 0. The topological polar surface area (TPSA) is 12.0 Å². The Bertz CT molecular complexity index is 833. The summed E-state index contributed by atoms with van der Waals surface area (Å²) in [5.41, 5.74) is 4.50. The maximum Gasteiger partial charge on any atom is 0.0368 e. The van der Waals surface area contributed by atoms with Crippen LogP contribution in [-0.2, 0) is 12.8 Å². The van der Waals surface area contributed by atoms with Crippen molar-refractivity contribution in [1.82, 2.24) is 5.32 Å². The van der Waals surface area contributed by atoms with E-state index in [1.807, 2.05) is 0 Å². The lowest BCUT2D eigenvalue weighted by Crippen LogP contribution is -2.48. The Hall–Kier alpha value is -2.12. The normalized spacial score (nSPS) is 19.5. The minimum absolute atomic E-state index is 0.122. The van der Waals surface area contributed by atoms with Crippen LogP contribution in [0.15, 0.2) is 66.7 Å². The van der Waals surface area contributed by atoms with Crippen LogP contribution in [0.3, 0.4) is 0 Å². The molecule has 1 atom stereocenters. The molecule has 1 aliphatic heterocycles. The van der Waals surface area contributed by atoms with Gasteiger partial charge in [-0.25, -0.2) is 0 Å². The molecule has 0 aliphatic carbocycles. The summed E-state index contributed by atoms with van der Waals surface area (Å²) in [5, 5.41) is 6.63. The number of nitrogens with one attached hydrogen (secondary N) is 1. The standard InChI is InChI=1S/C22H23N/c1-22(2)15-20-18-11-7-6-10-17(18)12-13-19(20)21(23-22)14-16-8-4-3-5-9-16/h3-13,21,23H,14-15H2,1-2H3. The molecular weight excluding hydrogens is 278 g/mol. The lowest BCUT2D eigenvalue weighted by Gasteiger charge is -2.39. The molecule has 4 rings (SSSR count). The Kier molecular flexibility index (Phi) is 3.46. The highest BCUT2D eigenvalue weighted by atomic mass is 15.0. The van der Waals surface area contributed by atoms with Gasteiger partial charge in [0.25, 0.3) is 0 Å². The number of rotatable bonds is 2. The minimum atomic E-state index is 0.122. The first-order chi connectivity index (χ1) is 11.1. The molecule has 3 aromatic carbocycles. The number of benzene rings is 3. The second-order valence-corrected chi connectivity index (χ2v) is 7.30. The lowest BCUT2D eigenvalue weighted by molar-refractivity contribution is 0.309. The highest BCUT2D eigenvalue weighted by Crippen LogP contribution is 2.36. The van der Waals surface area contributed by atoms with E-state index in [1.165, 1.54) is 27.5 Å². The molecule has 1 nitrogen and oxygen atoms in total. The molecule has 0 spiro atoms. The minimum Gasteiger partial charge on any atom is -0.304 e. The Balaban J connectivity index is 1.82. The molecule has 0 aromatic heterocycles. The van der Waals surface area contributed by atoms with Crippen molar-refractivity contribution in [2.75, 3.05) is 0 Å². The predicted octanol–water partition coefficient (Wildman–Crippen LogP) is 5.05. The second kappa shape index (κ2) is 5.50. The quantitative estimate of drug-likeness (QED) is 0.698. The summed E-state index contributed by atoms with van der Waals surface area (Å²) in [5.74, 6) is 0. The van der Waals surface area contributed by atoms with Crippen LogP contribution in [0.2, 0.25) is 0 Å².